The highest BCUT2D eigenvalue weighted by atomic mass is 16.5. The largest absolute Gasteiger partial charge is 0.377 e. The Morgan fingerprint density at radius 2 is 1.52 bits per heavy atom. The van der Waals surface area contributed by atoms with Crippen molar-refractivity contribution in [3.05, 3.63) is 83.4 Å². The van der Waals surface area contributed by atoms with Crippen molar-refractivity contribution >= 4 is 10.8 Å². The monoisotopic (exact) mass is 274 g/mol. The second-order valence-electron chi connectivity index (χ2n) is 5.75. The maximum absolute atomic E-state index is 5.68. The molecule has 0 fully saturated rings. The van der Waals surface area contributed by atoms with Crippen LogP contribution in [0.1, 0.15) is 35.1 Å². The Kier molecular flexibility index (Phi) is 3.01. The zero-order chi connectivity index (χ0) is 14.2. The highest BCUT2D eigenvalue weighted by molar-refractivity contribution is 5.83. The number of ether oxygens (including phenoxy) is 1. The van der Waals surface area contributed by atoms with Gasteiger partial charge in [0.05, 0.1) is 6.10 Å². The maximum Gasteiger partial charge on any atom is 0.0833 e. The normalized spacial score (nSPS) is 20.6. The van der Waals surface area contributed by atoms with E-state index < -0.39 is 0 Å². The molecule has 0 saturated heterocycles. The molecule has 0 heterocycles. The molecule has 0 radical (unpaired) electrons. The van der Waals surface area contributed by atoms with E-state index in [1.165, 1.54) is 27.5 Å². The van der Waals surface area contributed by atoms with Crippen LogP contribution in [0.25, 0.3) is 10.8 Å². The average Bonchev–Trinajstić information content (AvgIpc) is 2.93. The van der Waals surface area contributed by atoms with E-state index in [0.717, 1.165) is 6.42 Å². The molecule has 1 aliphatic rings. The first-order chi connectivity index (χ1) is 10.4. The van der Waals surface area contributed by atoms with E-state index in [9.17, 15) is 0 Å². The second-order valence-corrected chi connectivity index (χ2v) is 5.75. The van der Waals surface area contributed by atoms with Gasteiger partial charge < -0.3 is 4.74 Å². The van der Waals surface area contributed by atoms with Gasteiger partial charge in [-0.1, -0.05) is 66.7 Å². The molecule has 4 rings (SSSR count). The zero-order valence-electron chi connectivity index (χ0n) is 12.1. The molecule has 1 aliphatic carbocycles. The van der Waals surface area contributed by atoms with Gasteiger partial charge in [-0.3, -0.25) is 0 Å². The Bertz CT molecular complexity index is 790. The molecule has 0 amide bonds. The van der Waals surface area contributed by atoms with E-state index in [1.807, 2.05) is 7.11 Å². The number of hydrogen-bond donors (Lipinski definition) is 0. The average molecular weight is 274 g/mol. The fourth-order valence-corrected chi connectivity index (χ4v) is 3.55. The number of benzene rings is 3. The number of rotatable bonds is 2. The lowest BCUT2D eigenvalue weighted by Crippen LogP contribution is -1.97. The maximum atomic E-state index is 5.68. The molecule has 21 heavy (non-hydrogen) atoms. The van der Waals surface area contributed by atoms with E-state index in [0.29, 0.717) is 5.92 Å². The molecule has 0 aliphatic heterocycles. The Morgan fingerprint density at radius 1 is 0.810 bits per heavy atom. The molecule has 0 saturated carbocycles. The summed E-state index contributed by atoms with van der Waals surface area (Å²) in [4.78, 5) is 0. The molecule has 0 aromatic heterocycles. The second kappa shape index (κ2) is 5.01. The fraction of sp³-hybridized carbons (Fsp3) is 0.200. The van der Waals surface area contributed by atoms with Crippen LogP contribution in [0.4, 0.5) is 0 Å². The van der Waals surface area contributed by atoms with Gasteiger partial charge in [0, 0.05) is 13.0 Å². The van der Waals surface area contributed by atoms with Crippen LogP contribution in [0.15, 0.2) is 66.7 Å². The molecular formula is C20H18O. The van der Waals surface area contributed by atoms with Crippen molar-refractivity contribution in [2.75, 3.05) is 7.11 Å². The summed E-state index contributed by atoms with van der Waals surface area (Å²) in [5.41, 5.74) is 4.15. The predicted molar refractivity (Wildman–Crippen MR) is 86.6 cm³/mol. The molecule has 0 N–H and O–H groups in total. The summed E-state index contributed by atoms with van der Waals surface area (Å²) in [6.45, 7) is 0. The van der Waals surface area contributed by atoms with Crippen molar-refractivity contribution in [2.24, 2.45) is 0 Å². The Morgan fingerprint density at radius 3 is 2.33 bits per heavy atom. The summed E-state index contributed by atoms with van der Waals surface area (Å²) in [6, 6.07) is 24.1. The fourth-order valence-electron chi connectivity index (χ4n) is 3.55. The first-order valence-electron chi connectivity index (χ1n) is 7.47. The van der Waals surface area contributed by atoms with Gasteiger partial charge in [0.25, 0.3) is 0 Å². The van der Waals surface area contributed by atoms with Gasteiger partial charge in [-0.15, -0.1) is 0 Å². The van der Waals surface area contributed by atoms with E-state index in [4.69, 9.17) is 4.74 Å². The minimum atomic E-state index is 0.220. The van der Waals surface area contributed by atoms with Crippen molar-refractivity contribution < 1.29 is 4.74 Å². The van der Waals surface area contributed by atoms with Crippen LogP contribution in [-0.4, -0.2) is 7.11 Å². The van der Waals surface area contributed by atoms with E-state index in [1.54, 1.807) is 0 Å². The molecule has 104 valence electrons. The van der Waals surface area contributed by atoms with Gasteiger partial charge in [-0.2, -0.15) is 0 Å². The summed E-state index contributed by atoms with van der Waals surface area (Å²) >= 11 is 0. The van der Waals surface area contributed by atoms with Gasteiger partial charge >= 0.3 is 0 Å². The molecule has 2 atom stereocenters. The van der Waals surface area contributed by atoms with Crippen LogP contribution < -0.4 is 0 Å². The quantitative estimate of drug-likeness (QED) is 0.634. The minimum Gasteiger partial charge on any atom is -0.377 e. The van der Waals surface area contributed by atoms with Crippen LogP contribution in [0.3, 0.4) is 0 Å². The van der Waals surface area contributed by atoms with Crippen molar-refractivity contribution in [1.82, 2.24) is 0 Å². The van der Waals surface area contributed by atoms with E-state index in [2.05, 4.69) is 66.7 Å². The summed E-state index contributed by atoms with van der Waals surface area (Å²) in [5, 5.41) is 2.61. The van der Waals surface area contributed by atoms with Crippen molar-refractivity contribution in [1.29, 1.82) is 0 Å². The van der Waals surface area contributed by atoms with Gasteiger partial charge in [0.2, 0.25) is 0 Å². The number of methoxy groups -OCH3 is 1. The van der Waals surface area contributed by atoms with Gasteiger partial charge in [-0.05, 0) is 33.9 Å². The molecule has 0 bridgehead atoms. The standard InChI is InChI=1S/C20H18O/c1-21-20-13-19(17-8-4-5-9-18(17)20)16-11-10-14-6-2-3-7-15(14)12-16/h2-12,19-20H,13H2,1H3/t19?,20-/m0/s1. The zero-order valence-corrected chi connectivity index (χ0v) is 12.1. The van der Waals surface area contributed by atoms with Crippen molar-refractivity contribution in [3.63, 3.8) is 0 Å². The van der Waals surface area contributed by atoms with Gasteiger partial charge in [-0.25, -0.2) is 0 Å². The van der Waals surface area contributed by atoms with Crippen LogP contribution in [-0.2, 0) is 4.74 Å². The van der Waals surface area contributed by atoms with Crippen LogP contribution in [0.5, 0.6) is 0 Å². The van der Waals surface area contributed by atoms with Crippen molar-refractivity contribution in [3.8, 4) is 0 Å². The Labute approximate surface area is 125 Å². The molecule has 3 aromatic rings. The van der Waals surface area contributed by atoms with Gasteiger partial charge in [0.1, 0.15) is 0 Å². The Balaban J connectivity index is 1.82. The molecular weight excluding hydrogens is 256 g/mol. The smallest absolute Gasteiger partial charge is 0.0833 e. The molecule has 1 unspecified atom stereocenters. The van der Waals surface area contributed by atoms with E-state index in [-0.39, 0.29) is 6.10 Å². The van der Waals surface area contributed by atoms with Gasteiger partial charge in [0.15, 0.2) is 0 Å². The minimum absolute atomic E-state index is 0.220. The predicted octanol–water partition coefficient (Wildman–Crippen LogP) is 5.06. The highest BCUT2D eigenvalue weighted by Gasteiger charge is 2.31. The topological polar surface area (TPSA) is 9.23 Å². The number of hydrogen-bond acceptors (Lipinski definition) is 1. The van der Waals surface area contributed by atoms with Crippen molar-refractivity contribution in [2.45, 2.75) is 18.4 Å². The summed E-state index contributed by atoms with van der Waals surface area (Å²) < 4.78 is 5.68. The van der Waals surface area contributed by atoms with E-state index >= 15 is 0 Å². The summed E-state index contributed by atoms with van der Waals surface area (Å²) in [7, 11) is 1.81. The van der Waals surface area contributed by atoms with Crippen LogP contribution in [0.2, 0.25) is 0 Å². The molecule has 1 heteroatoms. The third kappa shape index (κ3) is 2.05. The number of fused-ring (bicyclic) bond motifs is 2. The SMILES string of the molecule is CO[C@H]1CC(c2ccc3ccccc3c2)c2ccccc21. The lowest BCUT2D eigenvalue weighted by Gasteiger charge is -2.13. The lowest BCUT2D eigenvalue weighted by atomic mass is 9.91. The lowest BCUT2D eigenvalue weighted by molar-refractivity contribution is 0.102. The third-order valence-corrected chi connectivity index (χ3v) is 4.63. The first kappa shape index (κ1) is 12.6. The molecule has 1 nitrogen and oxygen atoms in total. The summed E-state index contributed by atoms with van der Waals surface area (Å²) in [6.07, 6.45) is 1.26. The Hall–Kier alpha value is -2.12. The molecule has 3 aromatic carbocycles. The highest BCUT2D eigenvalue weighted by Crippen LogP contribution is 2.45. The molecule has 0 spiro atoms. The summed E-state index contributed by atoms with van der Waals surface area (Å²) in [5.74, 6) is 0.441. The first-order valence-corrected chi connectivity index (χ1v) is 7.47. The third-order valence-electron chi connectivity index (χ3n) is 4.63. The van der Waals surface area contributed by atoms with Crippen LogP contribution in [0, 0.1) is 0 Å². The van der Waals surface area contributed by atoms with Crippen LogP contribution >= 0.6 is 0 Å².